The van der Waals surface area contributed by atoms with Crippen LogP contribution in [0.3, 0.4) is 0 Å². The fourth-order valence-electron chi connectivity index (χ4n) is 4.71. The summed E-state index contributed by atoms with van der Waals surface area (Å²) in [5, 5.41) is 10.2. The van der Waals surface area contributed by atoms with E-state index in [1.165, 1.54) is 18.2 Å². The summed E-state index contributed by atoms with van der Waals surface area (Å²) in [6.45, 7) is 3.40. The molecule has 0 unspecified atom stereocenters. The number of carbonyl (C=O) groups excluding carboxylic acids is 4. The molecule has 1 heterocycles. The first-order chi connectivity index (χ1) is 21.4. The number of aliphatic hydroxyl groups is 1. The van der Waals surface area contributed by atoms with E-state index in [4.69, 9.17) is 23.7 Å². The zero-order chi connectivity index (χ0) is 34.4. The molecule has 1 fully saturated rings. The Morgan fingerprint density at radius 2 is 1.35 bits per heavy atom. The summed E-state index contributed by atoms with van der Waals surface area (Å²) in [4.78, 5) is 48.0. The molecule has 5 atom stereocenters. The molecule has 46 heavy (non-hydrogen) atoms. The number of hydrogen-bond donors (Lipinski definition) is 1. The number of ether oxygens (including phenoxy) is 5. The van der Waals surface area contributed by atoms with Crippen molar-refractivity contribution in [2.45, 2.75) is 76.8 Å². The summed E-state index contributed by atoms with van der Waals surface area (Å²) in [5.41, 5.74) is -3.98. The van der Waals surface area contributed by atoms with Crippen LogP contribution in [0.5, 0.6) is 5.75 Å². The van der Waals surface area contributed by atoms with Gasteiger partial charge in [0.05, 0.1) is 6.61 Å². The predicted molar refractivity (Wildman–Crippen MR) is 148 cm³/mol. The largest absolute Gasteiger partial charge is 0.534 e. The number of benzene rings is 2. The molecule has 252 valence electrons. The van der Waals surface area contributed by atoms with Gasteiger partial charge in [-0.15, -0.1) is 0 Å². The van der Waals surface area contributed by atoms with Crippen LogP contribution < -0.4 is 4.18 Å². The number of carbonyl (C=O) groups is 4. The summed E-state index contributed by atoms with van der Waals surface area (Å²) < 4.78 is 92.4. The van der Waals surface area contributed by atoms with Gasteiger partial charge in [0.15, 0.2) is 18.3 Å². The molecular formula is C29H31F3O13S. The topological polar surface area (TPSA) is 178 Å². The van der Waals surface area contributed by atoms with Crippen molar-refractivity contribution >= 4 is 34.0 Å². The molecule has 0 radical (unpaired) electrons. The van der Waals surface area contributed by atoms with Crippen LogP contribution in [0.2, 0.25) is 0 Å². The lowest BCUT2D eigenvalue weighted by Crippen LogP contribution is -2.59. The van der Waals surface area contributed by atoms with E-state index in [2.05, 4.69) is 4.18 Å². The summed E-state index contributed by atoms with van der Waals surface area (Å²) in [7, 11) is -5.86. The van der Waals surface area contributed by atoms with Crippen LogP contribution in [-0.4, -0.2) is 73.9 Å². The monoisotopic (exact) mass is 676 g/mol. The highest BCUT2D eigenvalue weighted by atomic mass is 32.2. The van der Waals surface area contributed by atoms with E-state index in [1.54, 1.807) is 12.1 Å². The van der Waals surface area contributed by atoms with Crippen LogP contribution in [0.1, 0.15) is 56.1 Å². The van der Waals surface area contributed by atoms with Gasteiger partial charge < -0.3 is 33.0 Å². The fraction of sp³-hybridized carbons (Fsp3) is 0.448. The van der Waals surface area contributed by atoms with Gasteiger partial charge in [0.25, 0.3) is 0 Å². The van der Waals surface area contributed by atoms with Gasteiger partial charge in [0.1, 0.15) is 24.6 Å². The normalized spacial score (nSPS) is 21.5. The maximum atomic E-state index is 12.7. The molecule has 0 bridgehead atoms. The maximum Gasteiger partial charge on any atom is 0.534 e. The van der Waals surface area contributed by atoms with E-state index in [0.717, 1.165) is 39.8 Å². The van der Waals surface area contributed by atoms with Crippen LogP contribution in [0.25, 0.3) is 0 Å². The van der Waals surface area contributed by atoms with Gasteiger partial charge >= 0.3 is 39.5 Å². The minimum Gasteiger partial charge on any atom is -0.463 e. The van der Waals surface area contributed by atoms with Gasteiger partial charge in [-0.1, -0.05) is 30.3 Å². The lowest BCUT2D eigenvalue weighted by atomic mass is 9.87. The van der Waals surface area contributed by atoms with Crippen molar-refractivity contribution < 1.29 is 73.7 Å². The van der Waals surface area contributed by atoms with Crippen LogP contribution in [0.4, 0.5) is 13.2 Å². The molecule has 2 aromatic rings. The van der Waals surface area contributed by atoms with Gasteiger partial charge in [-0.2, -0.15) is 21.6 Å². The first-order valence-electron chi connectivity index (χ1n) is 13.5. The Labute approximate surface area is 261 Å². The molecule has 1 aliphatic rings. The van der Waals surface area contributed by atoms with Crippen molar-refractivity contribution in [3.8, 4) is 5.75 Å². The molecule has 1 N–H and O–H groups in total. The Bertz CT molecular complexity index is 1540. The highest BCUT2D eigenvalue weighted by Gasteiger charge is 2.53. The van der Waals surface area contributed by atoms with Gasteiger partial charge in [0.2, 0.25) is 0 Å². The lowest BCUT2D eigenvalue weighted by Gasteiger charge is -2.45. The van der Waals surface area contributed by atoms with Crippen molar-refractivity contribution in [1.82, 2.24) is 0 Å². The molecule has 17 heteroatoms. The molecule has 1 saturated heterocycles. The number of esters is 4. The summed E-state index contributed by atoms with van der Waals surface area (Å²) >= 11 is 0. The molecule has 0 spiro atoms. The van der Waals surface area contributed by atoms with Crippen LogP contribution in [-0.2, 0) is 66.0 Å². The number of alkyl halides is 3. The average molecular weight is 677 g/mol. The highest BCUT2D eigenvalue weighted by molar-refractivity contribution is 7.88. The molecule has 1 aliphatic heterocycles. The minimum absolute atomic E-state index is 0.135. The molecule has 0 aliphatic carbocycles. The molecule has 3 rings (SSSR count). The highest BCUT2D eigenvalue weighted by Crippen LogP contribution is 2.39. The average Bonchev–Trinajstić information content (AvgIpc) is 2.93. The van der Waals surface area contributed by atoms with Gasteiger partial charge in [-0.05, 0) is 40.8 Å². The second-order valence-electron chi connectivity index (χ2n) is 10.1. The lowest BCUT2D eigenvalue weighted by molar-refractivity contribution is -0.254. The SMILES string of the molecule is CC(=O)OC[C@H]1O[C@@H](c2cc(Cc3ccc(OS(=O)(=O)C(F)(F)F)cc3)ccc2CO)[C@H](OC(C)=O)[C@@H](OC(C)=O)[C@@H]1OC(C)=O. The van der Waals surface area contributed by atoms with E-state index >= 15 is 0 Å². The van der Waals surface area contributed by atoms with E-state index in [-0.39, 0.29) is 12.0 Å². The first kappa shape index (κ1) is 36.3. The number of hydrogen-bond acceptors (Lipinski definition) is 13. The molecule has 2 aromatic carbocycles. The first-order valence-corrected chi connectivity index (χ1v) is 15.0. The van der Waals surface area contributed by atoms with E-state index in [1.807, 2.05) is 0 Å². The third-order valence-electron chi connectivity index (χ3n) is 6.50. The third kappa shape index (κ3) is 9.40. The van der Waals surface area contributed by atoms with Crippen LogP contribution >= 0.6 is 0 Å². The second kappa shape index (κ2) is 14.9. The fourth-order valence-corrected chi connectivity index (χ4v) is 5.17. The smallest absolute Gasteiger partial charge is 0.463 e. The van der Waals surface area contributed by atoms with Crippen molar-refractivity contribution in [1.29, 1.82) is 0 Å². The Balaban J connectivity index is 2.04. The minimum atomic E-state index is -5.86. The van der Waals surface area contributed by atoms with E-state index in [0.29, 0.717) is 16.7 Å². The van der Waals surface area contributed by atoms with Crippen molar-refractivity contribution in [3.05, 3.63) is 64.7 Å². The quantitative estimate of drug-likeness (QED) is 0.159. The van der Waals surface area contributed by atoms with Gasteiger partial charge in [-0.25, -0.2) is 0 Å². The van der Waals surface area contributed by atoms with E-state index < -0.39 is 89.0 Å². The molecule has 13 nitrogen and oxygen atoms in total. The Morgan fingerprint density at radius 3 is 1.87 bits per heavy atom. The third-order valence-corrected chi connectivity index (χ3v) is 7.48. The summed E-state index contributed by atoms with van der Waals surface area (Å²) in [5.74, 6) is -3.69. The Morgan fingerprint density at radius 1 is 0.804 bits per heavy atom. The zero-order valence-electron chi connectivity index (χ0n) is 24.9. The van der Waals surface area contributed by atoms with Crippen molar-refractivity contribution in [2.24, 2.45) is 0 Å². The number of aliphatic hydroxyl groups excluding tert-OH is 1. The Hall–Kier alpha value is -4.22. The standard InChI is InChI=1S/C29H31F3O13S/c1-15(34)40-14-24-26(41-16(2)35)28(43-18(4)37)27(42-17(3)36)25(44-24)23-12-20(5-8-21(23)13-33)11-19-6-9-22(10-7-19)45-46(38,39)29(30,31)32/h5-10,12,24-28,33H,11,13-14H2,1-4H3/t24-,25+,26-,27+,28+/m1/s1. The van der Waals surface area contributed by atoms with Crippen molar-refractivity contribution in [3.63, 3.8) is 0 Å². The Kier molecular flexibility index (Phi) is 11.8. The maximum absolute atomic E-state index is 12.7. The number of halogens is 3. The molecule has 0 saturated carbocycles. The van der Waals surface area contributed by atoms with E-state index in [9.17, 15) is 45.9 Å². The summed E-state index contributed by atoms with van der Waals surface area (Å²) in [6.07, 6.45) is -6.62. The summed E-state index contributed by atoms with van der Waals surface area (Å²) in [6, 6.07) is 9.50. The molecule has 0 amide bonds. The van der Waals surface area contributed by atoms with Gasteiger partial charge in [0, 0.05) is 27.7 Å². The molecule has 0 aromatic heterocycles. The van der Waals surface area contributed by atoms with Gasteiger partial charge in [-0.3, -0.25) is 19.2 Å². The molecular weight excluding hydrogens is 645 g/mol. The van der Waals surface area contributed by atoms with Crippen molar-refractivity contribution in [2.75, 3.05) is 6.61 Å². The van der Waals surface area contributed by atoms with Crippen LogP contribution in [0.15, 0.2) is 42.5 Å². The predicted octanol–water partition coefficient (Wildman–Crippen LogP) is 2.80. The zero-order valence-corrected chi connectivity index (χ0v) is 25.8. The number of rotatable bonds is 11. The van der Waals surface area contributed by atoms with Crippen LogP contribution in [0, 0.1) is 0 Å². The second-order valence-corrected chi connectivity index (χ2v) is 11.7.